The molecule has 1 aromatic carbocycles. The summed E-state index contributed by atoms with van der Waals surface area (Å²) in [7, 11) is 0. The summed E-state index contributed by atoms with van der Waals surface area (Å²) in [6, 6.07) is 4.42. The Hall–Kier alpha value is -0.440. The van der Waals surface area contributed by atoms with Crippen LogP contribution in [0.15, 0.2) is 18.2 Å². The van der Waals surface area contributed by atoms with Crippen LogP contribution in [0.1, 0.15) is 11.1 Å². The number of alkyl halides is 2. The van der Waals surface area contributed by atoms with Gasteiger partial charge in [0.1, 0.15) is 12.5 Å². The van der Waals surface area contributed by atoms with Gasteiger partial charge in [0.15, 0.2) is 0 Å². The normalized spacial score (nSPS) is 10.1. The molecule has 0 spiro atoms. The third-order valence-corrected chi connectivity index (χ3v) is 2.05. The van der Waals surface area contributed by atoms with Crippen LogP contribution < -0.4 is 0 Å². The van der Waals surface area contributed by atoms with E-state index in [2.05, 4.69) is 15.9 Å². The Kier molecular flexibility index (Phi) is 3.00. The van der Waals surface area contributed by atoms with E-state index in [1.54, 1.807) is 6.07 Å². The molecule has 0 saturated heterocycles. The Labute approximate surface area is 72.4 Å². The molecule has 0 amide bonds. The van der Waals surface area contributed by atoms with Gasteiger partial charge in [-0.3, -0.25) is 0 Å². The molecular weight excluding hydrogens is 214 g/mol. The van der Waals surface area contributed by atoms with Gasteiger partial charge in [-0.1, -0.05) is 28.1 Å². The second kappa shape index (κ2) is 3.81. The predicted molar refractivity (Wildman–Crippen MR) is 43.8 cm³/mol. The van der Waals surface area contributed by atoms with Gasteiger partial charge in [-0.15, -0.1) is 0 Å². The van der Waals surface area contributed by atoms with E-state index >= 15 is 0 Å². The van der Waals surface area contributed by atoms with Crippen molar-refractivity contribution in [1.29, 1.82) is 0 Å². The van der Waals surface area contributed by atoms with Crippen molar-refractivity contribution >= 4 is 15.9 Å². The smallest absolute Gasteiger partial charge is 0.127 e. The lowest BCUT2D eigenvalue weighted by molar-refractivity contribution is 0.479. The van der Waals surface area contributed by atoms with Crippen molar-refractivity contribution in [1.82, 2.24) is 0 Å². The van der Waals surface area contributed by atoms with Gasteiger partial charge < -0.3 is 0 Å². The first-order valence-corrected chi connectivity index (χ1v) is 4.30. The first-order valence-electron chi connectivity index (χ1n) is 3.17. The molecule has 0 aliphatic heterocycles. The lowest BCUT2D eigenvalue weighted by atomic mass is 10.1. The molecule has 0 unspecified atom stereocenters. The zero-order chi connectivity index (χ0) is 8.27. The second-order valence-electron chi connectivity index (χ2n) is 2.14. The highest BCUT2D eigenvalue weighted by atomic mass is 79.9. The lowest BCUT2D eigenvalue weighted by Crippen LogP contribution is -1.92. The van der Waals surface area contributed by atoms with E-state index in [0.29, 0.717) is 16.5 Å². The summed E-state index contributed by atoms with van der Waals surface area (Å²) in [5, 5.41) is 0.360. The van der Waals surface area contributed by atoms with E-state index in [4.69, 9.17) is 0 Å². The largest absolute Gasteiger partial charge is 0.246 e. The summed E-state index contributed by atoms with van der Waals surface area (Å²) in [4.78, 5) is 0. The molecule has 0 aliphatic carbocycles. The first-order chi connectivity index (χ1) is 5.29. The van der Waals surface area contributed by atoms with Crippen molar-refractivity contribution in [3.05, 3.63) is 35.1 Å². The minimum absolute atomic E-state index is 0.350. The van der Waals surface area contributed by atoms with Crippen molar-refractivity contribution in [2.24, 2.45) is 0 Å². The van der Waals surface area contributed by atoms with Gasteiger partial charge in [0.25, 0.3) is 0 Å². The van der Waals surface area contributed by atoms with E-state index in [1.807, 2.05) is 0 Å². The summed E-state index contributed by atoms with van der Waals surface area (Å²) in [6.07, 6.45) is 0. The minimum atomic E-state index is -0.612. The zero-order valence-corrected chi connectivity index (χ0v) is 7.37. The minimum Gasteiger partial charge on any atom is -0.246 e. The number of hydrogen-bond donors (Lipinski definition) is 0. The molecule has 0 N–H and O–H groups in total. The molecule has 0 saturated carbocycles. The molecule has 0 heterocycles. The number of hydrogen-bond acceptors (Lipinski definition) is 0. The van der Waals surface area contributed by atoms with Crippen molar-refractivity contribution in [3.8, 4) is 0 Å². The molecular formula is C8H7BrF2. The van der Waals surface area contributed by atoms with Crippen molar-refractivity contribution in [2.75, 3.05) is 0 Å². The van der Waals surface area contributed by atoms with Gasteiger partial charge >= 0.3 is 0 Å². The van der Waals surface area contributed by atoms with Crippen molar-refractivity contribution < 1.29 is 8.78 Å². The van der Waals surface area contributed by atoms with Crippen molar-refractivity contribution in [3.63, 3.8) is 0 Å². The summed E-state index contributed by atoms with van der Waals surface area (Å²) >= 11 is 3.09. The van der Waals surface area contributed by atoms with Crippen LogP contribution in [0.25, 0.3) is 0 Å². The van der Waals surface area contributed by atoms with Crippen LogP contribution in [0.3, 0.4) is 0 Å². The molecule has 60 valence electrons. The molecule has 0 nitrogen and oxygen atoms in total. The maximum Gasteiger partial charge on any atom is 0.127 e. The Morgan fingerprint density at radius 1 is 1.36 bits per heavy atom. The van der Waals surface area contributed by atoms with Gasteiger partial charge in [0.05, 0.1) is 0 Å². The maximum absolute atomic E-state index is 12.8. The van der Waals surface area contributed by atoms with E-state index in [9.17, 15) is 8.78 Å². The van der Waals surface area contributed by atoms with Crippen LogP contribution in [0, 0.1) is 5.82 Å². The standard InChI is InChI=1S/C8H7BrF2/c9-4-7-6(5-10)2-1-3-8(7)11/h1-3H,4-5H2. The second-order valence-corrected chi connectivity index (χ2v) is 2.71. The predicted octanol–water partition coefficient (Wildman–Crippen LogP) is 3.19. The Morgan fingerprint density at radius 3 is 2.55 bits per heavy atom. The highest BCUT2D eigenvalue weighted by Gasteiger charge is 2.05. The third kappa shape index (κ3) is 1.77. The summed E-state index contributed by atoms with van der Waals surface area (Å²) < 4.78 is 25.0. The van der Waals surface area contributed by atoms with E-state index < -0.39 is 6.67 Å². The summed E-state index contributed by atoms with van der Waals surface area (Å²) in [5.74, 6) is -0.350. The van der Waals surface area contributed by atoms with Gasteiger partial charge in [-0.05, 0) is 11.6 Å². The molecule has 0 bridgehead atoms. The van der Waals surface area contributed by atoms with Crippen LogP contribution in [-0.2, 0) is 12.0 Å². The Balaban J connectivity index is 3.13. The third-order valence-electron chi connectivity index (χ3n) is 1.49. The highest BCUT2D eigenvalue weighted by molar-refractivity contribution is 9.08. The number of rotatable bonds is 2. The fourth-order valence-corrected chi connectivity index (χ4v) is 1.51. The van der Waals surface area contributed by atoms with Crippen LogP contribution in [0.2, 0.25) is 0 Å². The van der Waals surface area contributed by atoms with Gasteiger partial charge in [0.2, 0.25) is 0 Å². The lowest BCUT2D eigenvalue weighted by Gasteiger charge is -2.02. The van der Waals surface area contributed by atoms with Crippen LogP contribution in [-0.4, -0.2) is 0 Å². The summed E-state index contributed by atoms with van der Waals surface area (Å²) in [5.41, 5.74) is 0.830. The van der Waals surface area contributed by atoms with E-state index in [-0.39, 0.29) is 5.82 Å². The quantitative estimate of drug-likeness (QED) is 0.672. The van der Waals surface area contributed by atoms with Crippen molar-refractivity contribution in [2.45, 2.75) is 12.0 Å². The molecule has 0 atom stereocenters. The molecule has 1 rings (SSSR count). The highest BCUT2D eigenvalue weighted by Crippen LogP contribution is 2.17. The molecule has 3 heteroatoms. The number of benzene rings is 1. The molecule has 11 heavy (non-hydrogen) atoms. The average Bonchev–Trinajstić information content (AvgIpc) is 2.04. The molecule has 0 aromatic heterocycles. The van der Waals surface area contributed by atoms with Crippen LogP contribution in [0.5, 0.6) is 0 Å². The van der Waals surface area contributed by atoms with Gasteiger partial charge in [-0.25, -0.2) is 8.78 Å². The van der Waals surface area contributed by atoms with Gasteiger partial charge in [0, 0.05) is 10.9 Å². The van der Waals surface area contributed by atoms with E-state index in [1.165, 1.54) is 12.1 Å². The Bertz CT molecular complexity index is 248. The monoisotopic (exact) mass is 220 g/mol. The zero-order valence-electron chi connectivity index (χ0n) is 5.78. The maximum atomic E-state index is 12.8. The van der Waals surface area contributed by atoms with Crippen LogP contribution in [0.4, 0.5) is 8.78 Å². The topological polar surface area (TPSA) is 0 Å². The van der Waals surface area contributed by atoms with Crippen LogP contribution >= 0.6 is 15.9 Å². The fourth-order valence-electron chi connectivity index (χ4n) is 0.878. The molecule has 0 fully saturated rings. The molecule has 1 aromatic rings. The Morgan fingerprint density at radius 2 is 2.09 bits per heavy atom. The fraction of sp³-hybridized carbons (Fsp3) is 0.250. The van der Waals surface area contributed by atoms with Gasteiger partial charge in [-0.2, -0.15) is 0 Å². The number of halogens is 3. The first kappa shape index (κ1) is 8.65. The molecule has 0 radical (unpaired) electrons. The molecule has 0 aliphatic rings. The summed E-state index contributed by atoms with van der Waals surface area (Å²) in [6.45, 7) is -0.612. The SMILES string of the molecule is FCc1cccc(F)c1CBr. The average molecular weight is 221 g/mol. The van der Waals surface area contributed by atoms with E-state index in [0.717, 1.165) is 0 Å².